The Hall–Kier alpha value is -0.900. The van der Waals surface area contributed by atoms with E-state index in [0.717, 1.165) is 24.0 Å². The van der Waals surface area contributed by atoms with Crippen LogP contribution in [0.4, 0.5) is 11.5 Å². The van der Waals surface area contributed by atoms with Crippen LogP contribution in [0.2, 0.25) is 0 Å². The van der Waals surface area contributed by atoms with E-state index in [4.69, 9.17) is 5.73 Å². The Morgan fingerprint density at radius 2 is 2.57 bits per heavy atom. The first-order valence-electron chi connectivity index (χ1n) is 4.88. The van der Waals surface area contributed by atoms with Crippen molar-refractivity contribution in [3.05, 3.63) is 18.3 Å². The second-order valence-electron chi connectivity index (χ2n) is 3.58. The van der Waals surface area contributed by atoms with Gasteiger partial charge in [0.2, 0.25) is 0 Å². The van der Waals surface area contributed by atoms with Gasteiger partial charge in [-0.2, -0.15) is 11.8 Å². The summed E-state index contributed by atoms with van der Waals surface area (Å²) in [6.45, 7) is 1.02. The van der Waals surface area contributed by atoms with Crippen LogP contribution in [0.15, 0.2) is 18.3 Å². The molecule has 1 aliphatic rings. The maximum absolute atomic E-state index is 5.66. The van der Waals surface area contributed by atoms with Crippen LogP contribution in [0.5, 0.6) is 0 Å². The fourth-order valence-corrected chi connectivity index (χ4v) is 2.82. The van der Waals surface area contributed by atoms with E-state index in [9.17, 15) is 0 Å². The van der Waals surface area contributed by atoms with Crippen LogP contribution in [0, 0.1) is 5.92 Å². The van der Waals surface area contributed by atoms with Crippen molar-refractivity contribution in [2.75, 3.05) is 29.1 Å². The van der Waals surface area contributed by atoms with E-state index in [2.05, 4.69) is 10.3 Å². The fraction of sp³-hybridized carbons (Fsp3) is 0.500. The lowest BCUT2D eigenvalue weighted by Gasteiger charge is -2.10. The van der Waals surface area contributed by atoms with Gasteiger partial charge in [-0.1, -0.05) is 0 Å². The highest BCUT2D eigenvalue weighted by atomic mass is 32.2. The molecule has 3 nitrogen and oxygen atoms in total. The molecule has 1 saturated heterocycles. The van der Waals surface area contributed by atoms with Crippen LogP contribution in [0.25, 0.3) is 0 Å². The normalized spacial score (nSPS) is 21.0. The number of hydrogen-bond acceptors (Lipinski definition) is 4. The molecule has 0 radical (unpaired) electrons. The minimum Gasteiger partial charge on any atom is -0.399 e. The van der Waals surface area contributed by atoms with Crippen LogP contribution < -0.4 is 11.1 Å². The van der Waals surface area contributed by atoms with Crippen molar-refractivity contribution in [1.29, 1.82) is 0 Å². The van der Waals surface area contributed by atoms with Crippen molar-refractivity contribution in [1.82, 2.24) is 4.98 Å². The third kappa shape index (κ3) is 2.54. The van der Waals surface area contributed by atoms with Gasteiger partial charge in [0.15, 0.2) is 0 Å². The molecule has 1 aromatic heterocycles. The van der Waals surface area contributed by atoms with Crippen LogP contribution in [0.3, 0.4) is 0 Å². The van der Waals surface area contributed by atoms with Gasteiger partial charge in [-0.25, -0.2) is 4.98 Å². The summed E-state index contributed by atoms with van der Waals surface area (Å²) in [6, 6.07) is 3.68. The highest BCUT2D eigenvalue weighted by Gasteiger charge is 2.14. The Labute approximate surface area is 88.5 Å². The van der Waals surface area contributed by atoms with Crippen molar-refractivity contribution in [3.63, 3.8) is 0 Å². The quantitative estimate of drug-likeness (QED) is 0.797. The molecule has 0 aliphatic carbocycles. The lowest BCUT2D eigenvalue weighted by atomic mass is 10.1. The van der Waals surface area contributed by atoms with E-state index in [0.29, 0.717) is 0 Å². The summed E-state index contributed by atoms with van der Waals surface area (Å²) in [7, 11) is 0. The monoisotopic (exact) mass is 209 g/mol. The molecule has 1 aromatic rings. The number of hydrogen-bond donors (Lipinski definition) is 2. The van der Waals surface area contributed by atoms with E-state index in [1.54, 1.807) is 12.3 Å². The third-order valence-electron chi connectivity index (χ3n) is 2.38. The Balaban J connectivity index is 1.85. The van der Waals surface area contributed by atoms with E-state index < -0.39 is 0 Å². The summed E-state index contributed by atoms with van der Waals surface area (Å²) in [6.07, 6.45) is 3.06. The molecule has 1 aliphatic heterocycles. The number of pyridine rings is 1. The molecule has 0 saturated carbocycles. The minimum atomic E-state index is 0.767. The molecular weight excluding hydrogens is 194 g/mol. The predicted octanol–water partition coefficient (Wildman–Crippen LogP) is 1.83. The number of rotatable bonds is 3. The standard InChI is InChI=1S/C10H15N3S/c11-9-1-3-12-10(5-9)13-6-8-2-4-14-7-8/h1,3,5,8H,2,4,6-7H2,(H3,11,12,13). The first-order valence-corrected chi connectivity index (χ1v) is 6.03. The highest BCUT2D eigenvalue weighted by molar-refractivity contribution is 7.99. The van der Waals surface area contributed by atoms with Crippen LogP contribution in [-0.2, 0) is 0 Å². The number of nitrogen functional groups attached to an aromatic ring is 1. The van der Waals surface area contributed by atoms with Gasteiger partial charge in [0.05, 0.1) is 0 Å². The Morgan fingerprint density at radius 1 is 1.64 bits per heavy atom. The zero-order chi connectivity index (χ0) is 9.80. The molecule has 0 aromatic carbocycles. The molecule has 1 atom stereocenters. The lowest BCUT2D eigenvalue weighted by Crippen LogP contribution is -2.14. The fourth-order valence-electron chi connectivity index (χ4n) is 1.54. The van der Waals surface area contributed by atoms with Gasteiger partial charge in [-0.15, -0.1) is 0 Å². The summed E-state index contributed by atoms with van der Waals surface area (Å²) in [5.74, 6) is 4.26. The molecule has 2 rings (SSSR count). The van der Waals surface area contributed by atoms with Crippen molar-refractivity contribution >= 4 is 23.3 Å². The van der Waals surface area contributed by atoms with Crippen molar-refractivity contribution in [3.8, 4) is 0 Å². The molecule has 0 spiro atoms. The molecule has 76 valence electrons. The Kier molecular flexibility index (Phi) is 3.14. The molecule has 0 bridgehead atoms. The number of nitrogens with one attached hydrogen (secondary N) is 1. The smallest absolute Gasteiger partial charge is 0.127 e. The number of aromatic nitrogens is 1. The topological polar surface area (TPSA) is 50.9 Å². The van der Waals surface area contributed by atoms with Gasteiger partial charge in [-0.05, 0) is 29.9 Å². The van der Waals surface area contributed by atoms with Gasteiger partial charge in [0.25, 0.3) is 0 Å². The zero-order valence-corrected chi connectivity index (χ0v) is 8.89. The van der Waals surface area contributed by atoms with Crippen LogP contribution >= 0.6 is 11.8 Å². The van der Waals surface area contributed by atoms with E-state index in [-0.39, 0.29) is 0 Å². The molecule has 14 heavy (non-hydrogen) atoms. The van der Waals surface area contributed by atoms with E-state index >= 15 is 0 Å². The van der Waals surface area contributed by atoms with Crippen molar-refractivity contribution in [2.24, 2.45) is 5.92 Å². The number of anilines is 2. The summed E-state index contributed by atoms with van der Waals surface area (Å²) < 4.78 is 0. The molecular formula is C10H15N3S. The number of nitrogens with two attached hydrogens (primary N) is 1. The average molecular weight is 209 g/mol. The van der Waals surface area contributed by atoms with Gasteiger partial charge in [0, 0.05) is 24.5 Å². The van der Waals surface area contributed by atoms with Gasteiger partial charge in [-0.3, -0.25) is 0 Å². The maximum atomic E-state index is 5.66. The molecule has 1 unspecified atom stereocenters. The lowest BCUT2D eigenvalue weighted by molar-refractivity contribution is 0.630. The number of thioether (sulfide) groups is 1. The molecule has 1 fully saturated rings. The first-order chi connectivity index (χ1) is 6.84. The Morgan fingerprint density at radius 3 is 3.29 bits per heavy atom. The summed E-state index contributed by atoms with van der Waals surface area (Å²) >= 11 is 2.04. The third-order valence-corrected chi connectivity index (χ3v) is 3.61. The minimum absolute atomic E-state index is 0.767. The largest absolute Gasteiger partial charge is 0.399 e. The molecule has 4 heteroatoms. The molecule has 3 N–H and O–H groups in total. The van der Waals surface area contributed by atoms with Gasteiger partial charge < -0.3 is 11.1 Å². The second kappa shape index (κ2) is 4.55. The average Bonchev–Trinajstić information content (AvgIpc) is 2.67. The van der Waals surface area contributed by atoms with Crippen molar-refractivity contribution < 1.29 is 0 Å². The van der Waals surface area contributed by atoms with Crippen LogP contribution in [0.1, 0.15) is 6.42 Å². The van der Waals surface area contributed by atoms with E-state index in [1.807, 2.05) is 17.8 Å². The van der Waals surface area contributed by atoms with Crippen molar-refractivity contribution in [2.45, 2.75) is 6.42 Å². The summed E-state index contributed by atoms with van der Waals surface area (Å²) in [4.78, 5) is 4.20. The molecule has 0 amide bonds. The second-order valence-corrected chi connectivity index (χ2v) is 4.73. The van der Waals surface area contributed by atoms with Crippen LogP contribution in [-0.4, -0.2) is 23.0 Å². The zero-order valence-electron chi connectivity index (χ0n) is 8.07. The number of nitrogens with zero attached hydrogens (tertiary/aromatic N) is 1. The molecule has 2 heterocycles. The van der Waals surface area contributed by atoms with E-state index in [1.165, 1.54) is 17.9 Å². The summed E-state index contributed by atoms with van der Waals surface area (Å²) in [5, 5.41) is 3.32. The first kappa shape index (κ1) is 9.65. The SMILES string of the molecule is Nc1ccnc(NCC2CCSC2)c1. The highest BCUT2D eigenvalue weighted by Crippen LogP contribution is 2.23. The predicted molar refractivity (Wildman–Crippen MR) is 62.6 cm³/mol. The summed E-state index contributed by atoms with van der Waals surface area (Å²) in [5.41, 5.74) is 6.43. The van der Waals surface area contributed by atoms with Gasteiger partial charge in [0.1, 0.15) is 5.82 Å². The Bertz CT molecular complexity index is 297. The van der Waals surface area contributed by atoms with Gasteiger partial charge >= 0.3 is 0 Å². The maximum Gasteiger partial charge on any atom is 0.127 e.